The Kier molecular flexibility index (Phi) is 5.54. The first-order valence-corrected chi connectivity index (χ1v) is 8.99. The number of benzene rings is 1. The van der Waals surface area contributed by atoms with Gasteiger partial charge in [-0.25, -0.2) is 4.68 Å². The highest BCUT2D eigenvalue weighted by atomic mass is 32.2. The van der Waals surface area contributed by atoms with Crippen molar-refractivity contribution in [3.05, 3.63) is 36.0 Å². The van der Waals surface area contributed by atoms with E-state index in [4.69, 9.17) is 15.1 Å². The van der Waals surface area contributed by atoms with Crippen LogP contribution in [0, 0.1) is 0 Å². The number of hydrogen-bond donors (Lipinski definition) is 1. The monoisotopic (exact) mass is 360 g/mol. The largest absolute Gasteiger partial charge is 0.497 e. The molecule has 0 aliphatic heterocycles. The predicted molar refractivity (Wildman–Crippen MR) is 94.6 cm³/mol. The summed E-state index contributed by atoms with van der Waals surface area (Å²) in [6.07, 6.45) is 2.98. The van der Waals surface area contributed by atoms with Gasteiger partial charge in [-0.3, -0.25) is 0 Å². The minimum absolute atomic E-state index is 0.497. The summed E-state index contributed by atoms with van der Waals surface area (Å²) < 4.78 is 11.9. The second kappa shape index (κ2) is 8.02. The lowest BCUT2D eigenvalue weighted by Crippen LogP contribution is -2.11. The minimum Gasteiger partial charge on any atom is -0.497 e. The normalized spacial score (nSPS) is 11.0. The number of nitrogen functional groups attached to an aromatic ring is 1. The van der Waals surface area contributed by atoms with Gasteiger partial charge in [0.05, 0.1) is 12.9 Å². The molecular formula is C16H20N6O2S. The maximum Gasteiger partial charge on any atom is 0.237 e. The van der Waals surface area contributed by atoms with Crippen molar-refractivity contribution in [3.8, 4) is 17.1 Å². The van der Waals surface area contributed by atoms with Gasteiger partial charge in [0.25, 0.3) is 0 Å². The predicted octanol–water partition coefficient (Wildman–Crippen LogP) is 2.69. The van der Waals surface area contributed by atoms with Gasteiger partial charge in [-0.15, -0.1) is 10.2 Å². The Balaban J connectivity index is 1.65. The third-order valence-corrected chi connectivity index (χ3v) is 4.53. The molecule has 0 radical (unpaired) electrons. The molecule has 2 heterocycles. The summed E-state index contributed by atoms with van der Waals surface area (Å²) in [6.45, 7) is 2.13. The highest BCUT2D eigenvalue weighted by Gasteiger charge is 2.14. The number of methoxy groups -OCH3 is 1. The lowest BCUT2D eigenvalue weighted by molar-refractivity contribution is 0.384. The summed E-state index contributed by atoms with van der Waals surface area (Å²) in [5, 5.41) is 12.8. The maximum atomic E-state index is 6.11. The van der Waals surface area contributed by atoms with Crippen molar-refractivity contribution < 1.29 is 9.26 Å². The summed E-state index contributed by atoms with van der Waals surface area (Å²) in [7, 11) is 1.63. The standard InChI is InChI=1S/C16H20N6O2S/c1-3-4-5-13-18-14(24-21-13)10-25-16-20-19-15(22(16)17)11-6-8-12(23-2)9-7-11/h6-9H,3-5,10,17H2,1-2H3. The number of aromatic nitrogens is 5. The van der Waals surface area contributed by atoms with Crippen molar-refractivity contribution in [1.82, 2.24) is 25.0 Å². The molecule has 0 amide bonds. The molecule has 0 unspecified atom stereocenters. The minimum atomic E-state index is 0.497. The molecule has 1 aromatic carbocycles. The van der Waals surface area contributed by atoms with E-state index in [1.54, 1.807) is 7.11 Å². The van der Waals surface area contributed by atoms with Crippen molar-refractivity contribution in [2.75, 3.05) is 13.0 Å². The second-order valence-corrected chi connectivity index (χ2v) is 6.34. The van der Waals surface area contributed by atoms with Gasteiger partial charge >= 0.3 is 0 Å². The lowest BCUT2D eigenvalue weighted by atomic mass is 10.2. The molecule has 2 aromatic heterocycles. The van der Waals surface area contributed by atoms with Crippen LogP contribution in [0.25, 0.3) is 11.4 Å². The van der Waals surface area contributed by atoms with Crippen LogP contribution in [-0.4, -0.2) is 32.1 Å². The fourth-order valence-corrected chi connectivity index (χ4v) is 2.92. The number of unbranched alkanes of at least 4 members (excludes halogenated alkanes) is 1. The summed E-state index contributed by atoms with van der Waals surface area (Å²) in [5.74, 6) is 9.27. The first-order valence-electron chi connectivity index (χ1n) is 8.00. The van der Waals surface area contributed by atoms with Gasteiger partial charge in [0.1, 0.15) is 5.75 Å². The van der Waals surface area contributed by atoms with E-state index >= 15 is 0 Å². The van der Waals surface area contributed by atoms with Crippen molar-refractivity contribution in [2.45, 2.75) is 37.1 Å². The number of rotatable bonds is 8. The van der Waals surface area contributed by atoms with Crippen LogP contribution >= 0.6 is 11.8 Å². The molecular weight excluding hydrogens is 340 g/mol. The summed E-state index contributed by atoms with van der Waals surface area (Å²) in [4.78, 5) is 4.37. The van der Waals surface area contributed by atoms with Crippen LogP contribution in [0.15, 0.2) is 33.9 Å². The molecule has 0 saturated heterocycles. The van der Waals surface area contributed by atoms with Gasteiger partial charge in [0, 0.05) is 12.0 Å². The zero-order chi connectivity index (χ0) is 17.6. The molecule has 25 heavy (non-hydrogen) atoms. The van der Waals surface area contributed by atoms with E-state index in [1.807, 2.05) is 24.3 Å². The Bertz CT molecular complexity index is 814. The van der Waals surface area contributed by atoms with Gasteiger partial charge in [-0.05, 0) is 30.7 Å². The number of aryl methyl sites for hydroxylation is 1. The highest BCUT2D eigenvalue weighted by molar-refractivity contribution is 7.98. The van der Waals surface area contributed by atoms with Crippen LogP contribution in [0.2, 0.25) is 0 Å². The smallest absolute Gasteiger partial charge is 0.237 e. The molecule has 0 aliphatic rings. The molecule has 0 spiro atoms. The van der Waals surface area contributed by atoms with E-state index in [0.29, 0.717) is 22.6 Å². The van der Waals surface area contributed by atoms with E-state index in [2.05, 4.69) is 27.3 Å². The Morgan fingerprint density at radius 1 is 1.24 bits per heavy atom. The van der Waals surface area contributed by atoms with Gasteiger partial charge in [-0.2, -0.15) is 4.98 Å². The molecule has 2 N–H and O–H groups in total. The van der Waals surface area contributed by atoms with Crippen molar-refractivity contribution in [2.24, 2.45) is 0 Å². The van der Waals surface area contributed by atoms with E-state index in [9.17, 15) is 0 Å². The first kappa shape index (κ1) is 17.3. The third-order valence-electron chi connectivity index (χ3n) is 3.60. The highest BCUT2D eigenvalue weighted by Crippen LogP contribution is 2.25. The van der Waals surface area contributed by atoms with Crippen LogP contribution < -0.4 is 10.6 Å². The first-order chi connectivity index (χ1) is 12.2. The zero-order valence-corrected chi connectivity index (χ0v) is 15.0. The van der Waals surface area contributed by atoms with E-state index < -0.39 is 0 Å². The van der Waals surface area contributed by atoms with Crippen LogP contribution in [0.4, 0.5) is 0 Å². The van der Waals surface area contributed by atoms with E-state index in [0.717, 1.165) is 36.4 Å². The van der Waals surface area contributed by atoms with E-state index in [-0.39, 0.29) is 0 Å². The molecule has 8 nitrogen and oxygen atoms in total. The van der Waals surface area contributed by atoms with Gasteiger partial charge in [0.15, 0.2) is 11.6 Å². The molecule has 0 fully saturated rings. The maximum absolute atomic E-state index is 6.11. The number of nitrogens with zero attached hydrogens (tertiary/aromatic N) is 5. The van der Waals surface area contributed by atoms with Gasteiger partial charge < -0.3 is 15.1 Å². The molecule has 132 valence electrons. The summed E-state index contributed by atoms with van der Waals surface area (Å²) >= 11 is 1.40. The lowest BCUT2D eigenvalue weighted by Gasteiger charge is -2.04. The average Bonchev–Trinajstić information content (AvgIpc) is 3.25. The number of nitrogens with two attached hydrogens (primary N) is 1. The summed E-state index contributed by atoms with van der Waals surface area (Å²) in [6, 6.07) is 7.48. The fraction of sp³-hybridized carbons (Fsp3) is 0.375. The van der Waals surface area contributed by atoms with Crippen LogP contribution in [-0.2, 0) is 12.2 Å². The Morgan fingerprint density at radius 3 is 2.76 bits per heavy atom. The molecule has 9 heteroatoms. The van der Waals surface area contributed by atoms with Gasteiger partial charge in [0.2, 0.25) is 11.0 Å². The number of thioether (sulfide) groups is 1. The topological polar surface area (TPSA) is 105 Å². The van der Waals surface area contributed by atoms with Gasteiger partial charge in [-0.1, -0.05) is 30.3 Å². The fourth-order valence-electron chi connectivity index (χ4n) is 2.22. The third kappa shape index (κ3) is 4.11. The van der Waals surface area contributed by atoms with Crippen LogP contribution in [0.3, 0.4) is 0 Å². The summed E-state index contributed by atoms with van der Waals surface area (Å²) in [5.41, 5.74) is 0.863. The number of hydrogen-bond acceptors (Lipinski definition) is 8. The molecule has 0 atom stereocenters. The Labute approximate surface area is 149 Å². The number of ether oxygens (including phenoxy) is 1. The van der Waals surface area contributed by atoms with E-state index in [1.165, 1.54) is 16.4 Å². The molecule has 0 aliphatic carbocycles. The molecule has 0 saturated carbocycles. The Morgan fingerprint density at radius 2 is 2.04 bits per heavy atom. The quantitative estimate of drug-likeness (QED) is 0.483. The molecule has 0 bridgehead atoms. The van der Waals surface area contributed by atoms with Crippen LogP contribution in [0.5, 0.6) is 5.75 Å². The van der Waals surface area contributed by atoms with Crippen molar-refractivity contribution >= 4 is 11.8 Å². The SMILES string of the molecule is CCCCc1noc(CSc2nnc(-c3ccc(OC)cc3)n2N)n1. The van der Waals surface area contributed by atoms with Crippen molar-refractivity contribution in [3.63, 3.8) is 0 Å². The average molecular weight is 360 g/mol. The Hall–Kier alpha value is -2.55. The molecule has 3 rings (SSSR count). The molecule has 3 aromatic rings. The second-order valence-electron chi connectivity index (χ2n) is 5.40. The zero-order valence-electron chi connectivity index (χ0n) is 14.2. The van der Waals surface area contributed by atoms with Crippen molar-refractivity contribution in [1.29, 1.82) is 0 Å². The van der Waals surface area contributed by atoms with Crippen LogP contribution in [0.1, 0.15) is 31.5 Å².